The van der Waals surface area contributed by atoms with Gasteiger partial charge in [-0.05, 0) is 37.9 Å². The zero-order chi connectivity index (χ0) is 10.1. The van der Waals surface area contributed by atoms with Crippen LogP contribution in [-0.2, 0) is 0 Å². The Morgan fingerprint density at radius 2 is 2.15 bits per heavy atom. The summed E-state index contributed by atoms with van der Waals surface area (Å²) in [7, 11) is 0. The van der Waals surface area contributed by atoms with Gasteiger partial charge in [0.25, 0.3) is 0 Å². The molecule has 0 aromatic carbocycles. The van der Waals surface area contributed by atoms with Gasteiger partial charge in [0.2, 0.25) is 0 Å². The fourth-order valence-corrected chi connectivity index (χ4v) is 1.38. The van der Waals surface area contributed by atoms with Crippen LogP contribution in [0.25, 0.3) is 0 Å². The van der Waals surface area contributed by atoms with Gasteiger partial charge < -0.3 is 5.11 Å². The zero-order valence-electron chi connectivity index (χ0n) is 8.42. The van der Waals surface area contributed by atoms with Gasteiger partial charge in [-0.25, -0.2) is 0 Å². The van der Waals surface area contributed by atoms with Crippen molar-refractivity contribution in [3.05, 3.63) is 36.1 Å². The molecule has 0 fully saturated rings. The molecule has 1 N–H and O–H groups in total. The first-order valence-corrected chi connectivity index (χ1v) is 5.80. The van der Waals surface area contributed by atoms with Gasteiger partial charge in [-0.2, -0.15) is 11.8 Å². The van der Waals surface area contributed by atoms with Crippen LogP contribution < -0.4 is 0 Å². The molecule has 0 amide bonds. The molecule has 13 heavy (non-hydrogen) atoms. The van der Waals surface area contributed by atoms with E-state index in [0.717, 1.165) is 6.42 Å². The number of hydrogen-bond acceptors (Lipinski definition) is 2. The fourth-order valence-electron chi connectivity index (χ4n) is 0.948. The van der Waals surface area contributed by atoms with E-state index in [0.29, 0.717) is 0 Å². The molecule has 0 bridgehead atoms. The van der Waals surface area contributed by atoms with E-state index < -0.39 is 0 Å². The van der Waals surface area contributed by atoms with E-state index in [-0.39, 0.29) is 5.76 Å². The maximum absolute atomic E-state index is 8.86. The third-order valence-electron chi connectivity index (χ3n) is 1.67. The van der Waals surface area contributed by atoms with Gasteiger partial charge >= 0.3 is 0 Å². The lowest BCUT2D eigenvalue weighted by molar-refractivity contribution is 0.435. The molecule has 0 aromatic heterocycles. The summed E-state index contributed by atoms with van der Waals surface area (Å²) in [5.74, 6) is 1.30. The highest BCUT2D eigenvalue weighted by atomic mass is 32.2. The Bertz CT molecular complexity index is 204. The lowest BCUT2D eigenvalue weighted by Crippen LogP contribution is -1.83. The molecule has 0 atom stereocenters. The summed E-state index contributed by atoms with van der Waals surface area (Å²) in [6.45, 7) is 5.41. The molecule has 0 aliphatic rings. The molecule has 0 saturated carbocycles. The van der Waals surface area contributed by atoms with Crippen LogP contribution >= 0.6 is 11.8 Å². The molecule has 2 heteroatoms. The summed E-state index contributed by atoms with van der Waals surface area (Å²) >= 11 is 1.86. The van der Waals surface area contributed by atoms with Gasteiger partial charge in [-0.3, -0.25) is 0 Å². The fraction of sp³-hybridized carbons (Fsp3) is 0.455. The maximum Gasteiger partial charge on any atom is 0.108 e. The first-order chi connectivity index (χ1) is 6.20. The van der Waals surface area contributed by atoms with Gasteiger partial charge in [0.05, 0.1) is 0 Å². The highest BCUT2D eigenvalue weighted by molar-refractivity contribution is 7.98. The lowest BCUT2D eigenvalue weighted by Gasteiger charge is -1.99. The molecule has 0 saturated heterocycles. The van der Waals surface area contributed by atoms with Crippen LogP contribution in [0.15, 0.2) is 36.1 Å². The van der Waals surface area contributed by atoms with Crippen LogP contribution in [0.1, 0.15) is 19.8 Å². The summed E-state index contributed by atoms with van der Waals surface area (Å²) in [5.41, 5.74) is 1.25. The quantitative estimate of drug-likeness (QED) is 0.399. The highest BCUT2D eigenvalue weighted by Crippen LogP contribution is 2.10. The Hall–Kier alpha value is -0.630. The summed E-state index contributed by atoms with van der Waals surface area (Å²) in [4.78, 5) is 0. The van der Waals surface area contributed by atoms with Gasteiger partial charge in [0.15, 0.2) is 0 Å². The monoisotopic (exact) mass is 198 g/mol. The highest BCUT2D eigenvalue weighted by Gasteiger charge is 1.91. The number of rotatable bonds is 6. The Morgan fingerprint density at radius 1 is 1.46 bits per heavy atom. The van der Waals surface area contributed by atoms with Crippen molar-refractivity contribution in [2.75, 3.05) is 12.0 Å². The molecule has 0 aromatic rings. The van der Waals surface area contributed by atoms with Crippen LogP contribution in [0.4, 0.5) is 0 Å². The number of hydrogen-bond donors (Lipinski definition) is 1. The van der Waals surface area contributed by atoms with Crippen molar-refractivity contribution < 1.29 is 5.11 Å². The van der Waals surface area contributed by atoms with Crippen molar-refractivity contribution >= 4 is 11.8 Å². The van der Waals surface area contributed by atoms with Crippen molar-refractivity contribution in [2.24, 2.45) is 0 Å². The second-order valence-corrected chi connectivity index (χ2v) is 3.77. The van der Waals surface area contributed by atoms with Gasteiger partial charge in [-0.1, -0.05) is 24.3 Å². The topological polar surface area (TPSA) is 20.2 Å². The summed E-state index contributed by atoms with van der Waals surface area (Å²) < 4.78 is 0. The molecule has 0 heterocycles. The number of aliphatic hydroxyl groups excluding tert-OH is 1. The maximum atomic E-state index is 8.86. The third kappa shape index (κ3) is 7.72. The second kappa shape index (κ2) is 7.99. The number of thioether (sulfide) groups is 1. The van der Waals surface area contributed by atoms with Crippen LogP contribution in [0, 0.1) is 0 Å². The van der Waals surface area contributed by atoms with Crippen LogP contribution in [0.2, 0.25) is 0 Å². The SMILES string of the molecule is C=C(O)/C=C\C(=C/C)CCCSC. The number of allylic oxidation sites excluding steroid dienone is 4. The Morgan fingerprint density at radius 3 is 2.62 bits per heavy atom. The third-order valence-corrected chi connectivity index (χ3v) is 2.37. The van der Waals surface area contributed by atoms with Crippen molar-refractivity contribution in [3.8, 4) is 0 Å². The van der Waals surface area contributed by atoms with Gasteiger partial charge in [0, 0.05) is 0 Å². The summed E-state index contributed by atoms with van der Waals surface area (Å²) in [5, 5.41) is 8.86. The van der Waals surface area contributed by atoms with Crippen LogP contribution in [-0.4, -0.2) is 17.1 Å². The standard InChI is InChI=1S/C11H18OS/c1-4-11(6-5-9-13-3)8-7-10(2)12/h4,7-8,12H,2,5-6,9H2,1,3H3/b8-7-,11-4-. The molecular weight excluding hydrogens is 180 g/mol. The normalized spacial score (nSPS) is 12.3. The predicted octanol–water partition coefficient (Wildman–Crippen LogP) is 3.70. The summed E-state index contributed by atoms with van der Waals surface area (Å²) in [6, 6.07) is 0. The molecule has 0 unspecified atom stereocenters. The molecule has 0 rings (SSSR count). The van der Waals surface area contributed by atoms with Gasteiger partial charge in [-0.15, -0.1) is 0 Å². The van der Waals surface area contributed by atoms with E-state index in [1.54, 1.807) is 6.08 Å². The van der Waals surface area contributed by atoms with Crippen molar-refractivity contribution in [2.45, 2.75) is 19.8 Å². The first-order valence-electron chi connectivity index (χ1n) is 4.40. The first kappa shape index (κ1) is 12.4. The van der Waals surface area contributed by atoms with Crippen LogP contribution in [0.5, 0.6) is 0 Å². The van der Waals surface area contributed by atoms with Crippen molar-refractivity contribution in [1.82, 2.24) is 0 Å². The second-order valence-electron chi connectivity index (χ2n) is 2.78. The molecule has 0 spiro atoms. The molecule has 0 aliphatic heterocycles. The average molecular weight is 198 g/mol. The van der Waals surface area contributed by atoms with E-state index in [4.69, 9.17) is 5.11 Å². The number of aliphatic hydroxyl groups is 1. The minimum Gasteiger partial charge on any atom is -0.509 e. The molecular formula is C11H18OS. The van der Waals surface area contributed by atoms with Crippen molar-refractivity contribution in [1.29, 1.82) is 0 Å². The van der Waals surface area contributed by atoms with E-state index in [2.05, 4.69) is 18.9 Å². The van der Waals surface area contributed by atoms with E-state index in [1.807, 2.05) is 24.8 Å². The minimum atomic E-state index is 0.115. The Labute approximate surface area is 85.2 Å². The van der Waals surface area contributed by atoms with Crippen molar-refractivity contribution in [3.63, 3.8) is 0 Å². The average Bonchev–Trinajstić information content (AvgIpc) is 2.10. The van der Waals surface area contributed by atoms with E-state index >= 15 is 0 Å². The Balaban J connectivity index is 3.84. The lowest BCUT2D eigenvalue weighted by atomic mass is 10.1. The van der Waals surface area contributed by atoms with E-state index in [9.17, 15) is 0 Å². The molecule has 0 aliphatic carbocycles. The zero-order valence-corrected chi connectivity index (χ0v) is 9.23. The Kier molecular flexibility index (Phi) is 7.60. The largest absolute Gasteiger partial charge is 0.509 e. The van der Waals surface area contributed by atoms with Gasteiger partial charge in [0.1, 0.15) is 5.76 Å². The van der Waals surface area contributed by atoms with E-state index in [1.165, 1.54) is 17.7 Å². The smallest absolute Gasteiger partial charge is 0.108 e. The molecule has 0 radical (unpaired) electrons. The molecule has 1 nitrogen and oxygen atoms in total. The predicted molar refractivity (Wildman–Crippen MR) is 62.3 cm³/mol. The van der Waals surface area contributed by atoms with Crippen LogP contribution in [0.3, 0.4) is 0 Å². The minimum absolute atomic E-state index is 0.115. The molecule has 74 valence electrons. The summed E-state index contributed by atoms with van der Waals surface area (Å²) in [6.07, 6.45) is 9.99.